The second-order valence-corrected chi connectivity index (χ2v) is 11.8. The summed E-state index contributed by atoms with van der Waals surface area (Å²) in [6, 6.07) is 17.4. The van der Waals surface area contributed by atoms with E-state index in [4.69, 9.17) is 19.2 Å². The zero-order valence-electron chi connectivity index (χ0n) is 24.5. The Morgan fingerprint density at radius 2 is 1.88 bits per heavy atom. The first kappa shape index (κ1) is 28.7. The Labute approximate surface area is 254 Å². The summed E-state index contributed by atoms with van der Waals surface area (Å²) in [5, 5.41) is 12.0. The molecule has 4 aromatic rings. The number of Topliss-reactive ketones (excluding diaryl/α,β-unsaturated/α-hetero) is 1. The lowest BCUT2D eigenvalue weighted by Crippen LogP contribution is -2.29. The molecule has 3 aromatic carbocycles. The molecule has 6 rings (SSSR count). The monoisotopic (exact) mass is 598 g/mol. The topological polar surface area (TPSA) is 98.2 Å². The minimum absolute atomic E-state index is 0.00862. The van der Waals surface area contributed by atoms with E-state index in [1.807, 2.05) is 62.4 Å². The molecule has 0 spiro atoms. The number of ketones is 1. The minimum atomic E-state index is -0.908. The summed E-state index contributed by atoms with van der Waals surface area (Å²) in [5.74, 6) is 0.344. The van der Waals surface area contributed by atoms with Crippen LogP contribution < -0.4 is 19.1 Å². The Balaban J connectivity index is 1.46. The summed E-state index contributed by atoms with van der Waals surface area (Å²) in [7, 11) is 0. The Hall–Kier alpha value is -4.37. The van der Waals surface area contributed by atoms with Crippen molar-refractivity contribution in [3.8, 4) is 17.2 Å². The van der Waals surface area contributed by atoms with Crippen molar-refractivity contribution in [1.82, 2.24) is 4.98 Å². The number of nitrogens with zero attached hydrogens (tertiary/aromatic N) is 2. The molecule has 222 valence electrons. The quantitative estimate of drug-likeness (QED) is 0.0891. The number of aromatic nitrogens is 1. The van der Waals surface area contributed by atoms with E-state index in [1.54, 1.807) is 12.1 Å². The van der Waals surface area contributed by atoms with Crippen molar-refractivity contribution >= 4 is 44.1 Å². The lowest BCUT2D eigenvalue weighted by molar-refractivity contribution is -0.132. The average Bonchev–Trinajstić information content (AvgIpc) is 3.67. The van der Waals surface area contributed by atoms with Crippen LogP contribution in [0.25, 0.3) is 16.0 Å². The first-order chi connectivity index (χ1) is 20.9. The lowest BCUT2D eigenvalue weighted by atomic mass is 9.94. The van der Waals surface area contributed by atoms with E-state index in [1.165, 1.54) is 16.2 Å². The van der Waals surface area contributed by atoms with Crippen molar-refractivity contribution in [2.24, 2.45) is 0 Å². The van der Waals surface area contributed by atoms with E-state index in [-0.39, 0.29) is 17.4 Å². The van der Waals surface area contributed by atoms with Gasteiger partial charge in [0, 0.05) is 12.0 Å². The number of carbonyl (C=O) groups is 2. The molecule has 1 aromatic heterocycles. The third-order valence-corrected chi connectivity index (χ3v) is 8.69. The van der Waals surface area contributed by atoms with Crippen molar-refractivity contribution in [3.63, 3.8) is 0 Å². The number of aliphatic hydroxyl groups is 1. The van der Waals surface area contributed by atoms with Crippen LogP contribution in [0.2, 0.25) is 0 Å². The summed E-state index contributed by atoms with van der Waals surface area (Å²) in [6.07, 6.45) is 3.80. The van der Waals surface area contributed by atoms with E-state index in [9.17, 15) is 14.7 Å². The molecule has 1 amide bonds. The predicted molar refractivity (Wildman–Crippen MR) is 167 cm³/mol. The van der Waals surface area contributed by atoms with Gasteiger partial charge in [-0.15, -0.1) is 0 Å². The first-order valence-corrected chi connectivity index (χ1v) is 15.6. The van der Waals surface area contributed by atoms with Crippen LogP contribution in [0.15, 0.2) is 66.2 Å². The van der Waals surface area contributed by atoms with Gasteiger partial charge in [0.05, 0.1) is 35.0 Å². The molecule has 1 fully saturated rings. The number of aliphatic hydroxyl groups excluding tert-OH is 1. The largest absolute Gasteiger partial charge is 0.507 e. The van der Waals surface area contributed by atoms with Crippen molar-refractivity contribution < 1.29 is 28.9 Å². The molecule has 0 saturated carbocycles. The standard InChI is InChI=1S/C34H34N2O6S/c1-4-6-7-15-41-24-10-8-9-21(18-24)30-29(31(37)22-11-14-27-23(17-22)16-20(3)42-27)32(38)33(39)36(30)34-35-26-13-12-25(40-5-2)19-28(26)43-34/h8-14,17-20,30,37H,4-7,15-16H2,1-3H3/b31-29+/t20-,30-/m0/s1. The fraction of sp³-hybridized carbons (Fsp3) is 0.324. The molecule has 1 N–H and O–H groups in total. The smallest absolute Gasteiger partial charge is 0.301 e. The van der Waals surface area contributed by atoms with Crippen LogP contribution in [0, 0.1) is 0 Å². The summed E-state index contributed by atoms with van der Waals surface area (Å²) in [6.45, 7) is 7.12. The zero-order chi connectivity index (χ0) is 30.1. The first-order valence-electron chi connectivity index (χ1n) is 14.7. The van der Waals surface area contributed by atoms with Crippen LogP contribution in [0.5, 0.6) is 17.2 Å². The van der Waals surface area contributed by atoms with E-state index in [0.717, 1.165) is 35.3 Å². The maximum absolute atomic E-state index is 13.8. The molecule has 0 bridgehead atoms. The number of thiazole rings is 1. The molecule has 3 heterocycles. The molecule has 2 aliphatic heterocycles. The Bertz CT molecular complexity index is 1730. The molecule has 9 heteroatoms. The number of benzene rings is 3. The number of amides is 1. The van der Waals surface area contributed by atoms with Gasteiger partial charge in [0.25, 0.3) is 5.78 Å². The fourth-order valence-electron chi connectivity index (χ4n) is 5.64. The highest BCUT2D eigenvalue weighted by molar-refractivity contribution is 7.22. The van der Waals surface area contributed by atoms with Gasteiger partial charge in [-0.05, 0) is 79.9 Å². The molecule has 0 unspecified atom stereocenters. The number of carbonyl (C=O) groups excluding carboxylic acids is 2. The Morgan fingerprint density at radius 1 is 1.05 bits per heavy atom. The zero-order valence-corrected chi connectivity index (χ0v) is 25.3. The molecule has 2 atom stereocenters. The summed E-state index contributed by atoms with van der Waals surface area (Å²) in [5.41, 5.74) is 2.73. The van der Waals surface area contributed by atoms with E-state index >= 15 is 0 Å². The lowest BCUT2D eigenvalue weighted by Gasteiger charge is -2.23. The maximum atomic E-state index is 13.8. The third-order valence-electron chi connectivity index (χ3n) is 7.67. The SMILES string of the molecule is CCCCCOc1cccc([C@H]2/C(=C(\O)c3ccc4c(c3)C[C@H](C)O4)C(=O)C(=O)N2c2nc3ccc(OCC)cc3s2)c1. The summed E-state index contributed by atoms with van der Waals surface area (Å²) in [4.78, 5) is 33.6. The van der Waals surface area contributed by atoms with Gasteiger partial charge < -0.3 is 19.3 Å². The molecule has 1 saturated heterocycles. The average molecular weight is 599 g/mol. The van der Waals surface area contributed by atoms with E-state index in [0.29, 0.717) is 52.9 Å². The van der Waals surface area contributed by atoms with Crippen LogP contribution in [0.3, 0.4) is 0 Å². The van der Waals surface area contributed by atoms with E-state index < -0.39 is 17.7 Å². The van der Waals surface area contributed by atoms with Gasteiger partial charge in [-0.3, -0.25) is 14.5 Å². The molecule has 2 aliphatic rings. The van der Waals surface area contributed by atoms with Gasteiger partial charge in [-0.2, -0.15) is 0 Å². The van der Waals surface area contributed by atoms with Crippen molar-refractivity contribution in [3.05, 3.63) is 82.9 Å². The second-order valence-electron chi connectivity index (χ2n) is 10.8. The number of hydrogen-bond acceptors (Lipinski definition) is 8. The Morgan fingerprint density at radius 3 is 2.70 bits per heavy atom. The third kappa shape index (κ3) is 5.57. The van der Waals surface area contributed by atoms with Crippen LogP contribution >= 0.6 is 11.3 Å². The highest BCUT2D eigenvalue weighted by atomic mass is 32.1. The molecular formula is C34H34N2O6S. The van der Waals surface area contributed by atoms with Gasteiger partial charge in [0.15, 0.2) is 5.13 Å². The van der Waals surface area contributed by atoms with Crippen LogP contribution in [0.1, 0.15) is 62.8 Å². The van der Waals surface area contributed by atoms with Gasteiger partial charge >= 0.3 is 5.91 Å². The second kappa shape index (κ2) is 12.1. The van der Waals surface area contributed by atoms with Crippen molar-refractivity contribution in [2.75, 3.05) is 18.1 Å². The summed E-state index contributed by atoms with van der Waals surface area (Å²) < 4.78 is 18.3. The van der Waals surface area contributed by atoms with Gasteiger partial charge in [-0.1, -0.05) is 43.2 Å². The van der Waals surface area contributed by atoms with Gasteiger partial charge in [0.2, 0.25) is 0 Å². The number of rotatable bonds is 10. The van der Waals surface area contributed by atoms with Gasteiger partial charge in [-0.25, -0.2) is 4.98 Å². The molecule has 0 aliphatic carbocycles. The van der Waals surface area contributed by atoms with Crippen LogP contribution in [-0.2, 0) is 16.0 Å². The van der Waals surface area contributed by atoms with Gasteiger partial charge in [0.1, 0.15) is 29.1 Å². The molecular weight excluding hydrogens is 564 g/mol. The number of unbranched alkanes of at least 4 members (excludes halogenated alkanes) is 2. The molecule has 43 heavy (non-hydrogen) atoms. The molecule has 8 nitrogen and oxygen atoms in total. The van der Waals surface area contributed by atoms with Crippen LogP contribution in [-0.4, -0.2) is 41.1 Å². The normalized spacial score (nSPS) is 19.1. The van der Waals surface area contributed by atoms with Crippen molar-refractivity contribution in [2.45, 2.75) is 58.6 Å². The maximum Gasteiger partial charge on any atom is 0.301 e. The predicted octanol–water partition coefficient (Wildman–Crippen LogP) is 7.21. The highest BCUT2D eigenvalue weighted by Crippen LogP contribution is 2.45. The van der Waals surface area contributed by atoms with Crippen LogP contribution in [0.4, 0.5) is 5.13 Å². The highest BCUT2D eigenvalue weighted by Gasteiger charge is 2.48. The summed E-state index contributed by atoms with van der Waals surface area (Å²) >= 11 is 1.30. The van der Waals surface area contributed by atoms with E-state index in [2.05, 4.69) is 6.92 Å². The Kier molecular flexibility index (Phi) is 8.08. The van der Waals surface area contributed by atoms with Crippen molar-refractivity contribution in [1.29, 1.82) is 0 Å². The molecule has 0 radical (unpaired) electrons. The minimum Gasteiger partial charge on any atom is -0.507 e. The number of ether oxygens (including phenoxy) is 3. The number of hydrogen-bond donors (Lipinski definition) is 1. The number of fused-ring (bicyclic) bond motifs is 2. The number of anilines is 1. The fourth-order valence-corrected chi connectivity index (χ4v) is 6.66.